The van der Waals surface area contributed by atoms with E-state index in [9.17, 15) is 4.39 Å². The molecule has 1 aromatic heterocycles. The molecule has 0 aromatic carbocycles. The van der Waals surface area contributed by atoms with Gasteiger partial charge in [-0.25, -0.2) is 4.39 Å². The van der Waals surface area contributed by atoms with E-state index in [1.807, 2.05) is 24.4 Å². The number of hydrogen-bond donors (Lipinski definition) is 0. The van der Waals surface area contributed by atoms with Crippen LogP contribution < -0.4 is 9.75 Å². The molecule has 0 spiro atoms. The number of rotatable bonds is 3. The third-order valence-electron chi connectivity index (χ3n) is 2.10. The first-order valence-corrected chi connectivity index (χ1v) is 5.66. The lowest BCUT2D eigenvalue weighted by Crippen LogP contribution is -2.18. The van der Waals surface area contributed by atoms with Crippen molar-refractivity contribution in [2.75, 3.05) is 0 Å². The summed E-state index contributed by atoms with van der Waals surface area (Å²) >= 11 is 1.41. The Morgan fingerprint density at radius 1 is 1.64 bits per heavy atom. The molecule has 0 aliphatic rings. The number of allylic oxidation sites excluding steroid dienone is 2. The SMILES string of the molecule is C=c1ccs/c1=C(F)/C(=C\C)CCC. The van der Waals surface area contributed by atoms with Gasteiger partial charge in [-0.15, -0.1) is 11.3 Å². The van der Waals surface area contributed by atoms with E-state index in [1.165, 1.54) is 11.3 Å². The van der Waals surface area contributed by atoms with Crippen LogP contribution in [-0.4, -0.2) is 0 Å². The summed E-state index contributed by atoms with van der Waals surface area (Å²) in [5.74, 6) is -0.102. The minimum Gasteiger partial charge on any atom is -0.205 e. The zero-order chi connectivity index (χ0) is 10.6. The summed E-state index contributed by atoms with van der Waals surface area (Å²) in [4.78, 5) is 0. The molecule has 0 amide bonds. The first kappa shape index (κ1) is 11.2. The van der Waals surface area contributed by atoms with Gasteiger partial charge in [-0.3, -0.25) is 0 Å². The number of thiophene rings is 1. The molecule has 1 rings (SSSR count). The van der Waals surface area contributed by atoms with E-state index < -0.39 is 0 Å². The second-order valence-electron chi connectivity index (χ2n) is 3.15. The van der Waals surface area contributed by atoms with Gasteiger partial charge in [0.25, 0.3) is 0 Å². The first-order valence-electron chi connectivity index (χ1n) is 4.78. The Balaban J connectivity index is 3.23. The molecule has 76 valence electrons. The van der Waals surface area contributed by atoms with Crippen LogP contribution in [0.4, 0.5) is 4.39 Å². The van der Waals surface area contributed by atoms with Crippen molar-refractivity contribution in [3.8, 4) is 0 Å². The van der Waals surface area contributed by atoms with Gasteiger partial charge in [0.05, 0.1) is 4.53 Å². The molecule has 0 aliphatic carbocycles. The summed E-state index contributed by atoms with van der Waals surface area (Å²) in [5.41, 5.74) is 0.792. The standard InChI is InChI=1S/C12H15FS/c1-4-6-10(5-2)11(13)12-9(3)7-8-14-12/h5,7-8H,3-4,6H2,1-2H3/b10-5-,12-11-. The van der Waals surface area contributed by atoms with Crippen LogP contribution in [0, 0.1) is 0 Å². The molecule has 0 atom stereocenters. The highest BCUT2D eigenvalue weighted by molar-refractivity contribution is 7.07. The number of hydrogen-bond acceptors (Lipinski definition) is 1. The Hall–Kier alpha value is -0.890. The van der Waals surface area contributed by atoms with Crippen molar-refractivity contribution in [2.45, 2.75) is 26.7 Å². The lowest BCUT2D eigenvalue weighted by Gasteiger charge is -2.00. The molecule has 1 aromatic rings. The normalized spacial score (nSPS) is 14.4. The maximum atomic E-state index is 13.9. The highest BCUT2D eigenvalue weighted by atomic mass is 32.1. The lowest BCUT2D eigenvalue weighted by atomic mass is 10.1. The Kier molecular flexibility index (Phi) is 4.08. The fourth-order valence-corrected chi connectivity index (χ4v) is 2.15. The summed E-state index contributed by atoms with van der Waals surface area (Å²) in [5, 5.41) is 2.65. The number of halogens is 1. The second-order valence-corrected chi connectivity index (χ2v) is 4.07. The Morgan fingerprint density at radius 2 is 2.36 bits per heavy atom. The molecule has 2 heteroatoms. The van der Waals surface area contributed by atoms with Gasteiger partial charge in [0.15, 0.2) is 0 Å². The lowest BCUT2D eigenvalue weighted by molar-refractivity contribution is 0.731. The summed E-state index contributed by atoms with van der Waals surface area (Å²) in [6, 6.07) is 1.85. The molecule has 14 heavy (non-hydrogen) atoms. The fourth-order valence-electron chi connectivity index (χ4n) is 1.32. The average molecular weight is 210 g/mol. The average Bonchev–Trinajstić information content (AvgIpc) is 2.59. The van der Waals surface area contributed by atoms with E-state index in [0.717, 1.165) is 23.6 Å². The molecule has 0 bridgehead atoms. The van der Waals surface area contributed by atoms with Crippen molar-refractivity contribution in [2.24, 2.45) is 0 Å². The van der Waals surface area contributed by atoms with Crippen LogP contribution in [0.5, 0.6) is 0 Å². The molecule has 0 aliphatic heterocycles. The Bertz CT molecular complexity index is 425. The maximum absolute atomic E-state index is 13.9. The maximum Gasteiger partial charge on any atom is 0.143 e. The van der Waals surface area contributed by atoms with E-state index in [0.29, 0.717) is 4.53 Å². The molecule has 0 saturated heterocycles. The predicted molar refractivity (Wildman–Crippen MR) is 62.3 cm³/mol. The summed E-state index contributed by atoms with van der Waals surface area (Å²) in [7, 11) is 0. The van der Waals surface area contributed by atoms with E-state index in [-0.39, 0.29) is 5.83 Å². The van der Waals surface area contributed by atoms with Crippen molar-refractivity contribution in [3.63, 3.8) is 0 Å². The van der Waals surface area contributed by atoms with Crippen molar-refractivity contribution in [1.82, 2.24) is 0 Å². The minimum absolute atomic E-state index is 0.102. The fraction of sp³-hybridized carbons (Fsp3) is 0.333. The van der Waals surface area contributed by atoms with E-state index in [1.54, 1.807) is 0 Å². The zero-order valence-corrected chi connectivity index (χ0v) is 9.46. The first-order chi connectivity index (χ1) is 6.70. The molecule has 1 heterocycles. The third kappa shape index (κ3) is 2.32. The summed E-state index contributed by atoms with van der Waals surface area (Å²) < 4.78 is 14.6. The molecule has 0 fully saturated rings. The van der Waals surface area contributed by atoms with Crippen LogP contribution in [0.2, 0.25) is 0 Å². The Morgan fingerprint density at radius 3 is 2.79 bits per heavy atom. The van der Waals surface area contributed by atoms with Crippen molar-refractivity contribution in [3.05, 3.63) is 32.8 Å². The van der Waals surface area contributed by atoms with Crippen LogP contribution in [0.25, 0.3) is 12.4 Å². The molecule has 0 nitrogen and oxygen atoms in total. The second kappa shape index (κ2) is 5.11. The molecule has 0 N–H and O–H groups in total. The van der Waals surface area contributed by atoms with Crippen molar-refractivity contribution < 1.29 is 4.39 Å². The van der Waals surface area contributed by atoms with Crippen LogP contribution in [-0.2, 0) is 0 Å². The quantitative estimate of drug-likeness (QED) is 0.719. The smallest absolute Gasteiger partial charge is 0.143 e. The van der Waals surface area contributed by atoms with E-state index >= 15 is 0 Å². The summed E-state index contributed by atoms with van der Waals surface area (Å²) in [6.45, 7) is 7.73. The van der Waals surface area contributed by atoms with E-state index in [4.69, 9.17) is 0 Å². The largest absolute Gasteiger partial charge is 0.205 e. The van der Waals surface area contributed by atoms with Crippen LogP contribution in [0.3, 0.4) is 0 Å². The highest BCUT2D eigenvalue weighted by Gasteiger charge is 2.04. The Labute approximate surface area is 88.1 Å². The van der Waals surface area contributed by atoms with Gasteiger partial charge in [0, 0.05) is 0 Å². The molecular formula is C12H15FS. The minimum atomic E-state index is -0.102. The highest BCUT2D eigenvalue weighted by Crippen LogP contribution is 2.16. The predicted octanol–water partition coefficient (Wildman–Crippen LogP) is 2.98. The molecule has 0 unspecified atom stereocenters. The van der Waals surface area contributed by atoms with Gasteiger partial charge in [-0.2, -0.15) is 0 Å². The van der Waals surface area contributed by atoms with Crippen molar-refractivity contribution in [1.29, 1.82) is 0 Å². The van der Waals surface area contributed by atoms with Crippen LogP contribution in [0.1, 0.15) is 26.7 Å². The van der Waals surface area contributed by atoms with Crippen molar-refractivity contribution >= 4 is 23.7 Å². The van der Waals surface area contributed by atoms with Gasteiger partial charge in [0.2, 0.25) is 0 Å². The third-order valence-corrected chi connectivity index (χ3v) is 3.05. The topological polar surface area (TPSA) is 0 Å². The van der Waals surface area contributed by atoms with Gasteiger partial charge >= 0.3 is 0 Å². The van der Waals surface area contributed by atoms with E-state index in [2.05, 4.69) is 13.5 Å². The molecular weight excluding hydrogens is 195 g/mol. The van der Waals surface area contributed by atoms with Crippen LogP contribution in [0.15, 0.2) is 23.1 Å². The molecule has 0 radical (unpaired) electrons. The van der Waals surface area contributed by atoms with Gasteiger partial charge in [-0.1, -0.05) is 26.0 Å². The summed E-state index contributed by atoms with van der Waals surface area (Å²) in [6.07, 6.45) is 3.60. The zero-order valence-electron chi connectivity index (χ0n) is 8.64. The van der Waals surface area contributed by atoms with Gasteiger partial charge in [0.1, 0.15) is 5.83 Å². The van der Waals surface area contributed by atoms with Gasteiger partial charge in [-0.05, 0) is 35.6 Å². The monoisotopic (exact) mass is 210 g/mol. The molecule has 0 saturated carbocycles. The van der Waals surface area contributed by atoms with Gasteiger partial charge < -0.3 is 0 Å². The van der Waals surface area contributed by atoms with Crippen LogP contribution >= 0.6 is 11.3 Å².